The fourth-order valence-corrected chi connectivity index (χ4v) is 2.40. The molecule has 7 heteroatoms. The average Bonchev–Trinajstić information content (AvgIpc) is 2.68. The van der Waals surface area contributed by atoms with Gasteiger partial charge in [-0.1, -0.05) is 37.9 Å². The number of rotatable bonds is 8. The fourth-order valence-electron chi connectivity index (χ4n) is 1.67. The summed E-state index contributed by atoms with van der Waals surface area (Å²) >= 11 is 1.34. The second-order valence-corrected chi connectivity index (χ2v) is 5.60. The molecule has 19 heavy (non-hydrogen) atoms. The highest BCUT2D eigenvalue weighted by Crippen LogP contribution is 2.15. The maximum atomic E-state index is 11.8. The highest BCUT2D eigenvalue weighted by molar-refractivity contribution is 7.99. The largest absolute Gasteiger partial charge is 0.368 e. The third-order valence-corrected chi connectivity index (χ3v) is 3.87. The normalized spacial score (nSPS) is 12.4. The summed E-state index contributed by atoms with van der Waals surface area (Å²) in [5, 5.41) is 11.3. The zero-order valence-electron chi connectivity index (χ0n) is 11.8. The molecule has 3 N–H and O–H groups in total. The number of carbonyl (C=O) groups is 1. The molecule has 1 aromatic rings. The zero-order chi connectivity index (χ0) is 14.3. The number of amides is 1. The number of thioether (sulfide) groups is 1. The third kappa shape index (κ3) is 5.50. The number of nitrogens with two attached hydrogens (primary N) is 1. The Labute approximate surface area is 118 Å². The van der Waals surface area contributed by atoms with E-state index in [1.54, 1.807) is 11.6 Å². The number of nitrogen functional groups attached to an aromatic ring is 1. The number of carbonyl (C=O) groups excluding carboxylic acids is 1. The Kier molecular flexibility index (Phi) is 6.69. The monoisotopic (exact) mass is 285 g/mol. The Bertz CT molecular complexity index is 407. The van der Waals surface area contributed by atoms with Gasteiger partial charge in [0.05, 0.1) is 5.75 Å². The summed E-state index contributed by atoms with van der Waals surface area (Å²) in [5.41, 5.74) is 5.57. The Morgan fingerprint density at radius 1 is 1.47 bits per heavy atom. The van der Waals surface area contributed by atoms with Gasteiger partial charge in [-0.05, 0) is 13.3 Å². The van der Waals surface area contributed by atoms with Crippen molar-refractivity contribution in [3.05, 3.63) is 0 Å². The minimum atomic E-state index is 0.0237. The van der Waals surface area contributed by atoms with Crippen molar-refractivity contribution in [1.29, 1.82) is 0 Å². The average molecular weight is 285 g/mol. The number of hydrogen-bond acceptors (Lipinski definition) is 5. The summed E-state index contributed by atoms with van der Waals surface area (Å²) < 4.78 is 1.67. The van der Waals surface area contributed by atoms with E-state index in [-0.39, 0.29) is 11.9 Å². The van der Waals surface area contributed by atoms with Gasteiger partial charge in [0.15, 0.2) is 5.16 Å². The Balaban J connectivity index is 2.26. The molecule has 0 bridgehead atoms. The molecule has 1 aromatic heterocycles. The van der Waals surface area contributed by atoms with Crippen LogP contribution in [0.25, 0.3) is 0 Å². The first kappa shape index (κ1) is 15.8. The first-order valence-corrected chi connectivity index (χ1v) is 7.60. The standard InChI is InChI=1S/C12H23N5OS/c1-4-5-6-7-9(2)14-10(18)8-19-12-16-15-11(13)17(12)3/h9H,4-8H2,1-3H3,(H2,13,15)(H,14,18). The van der Waals surface area contributed by atoms with Gasteiger partial charge in [-0.2, -0.15) is 0 Å². The molecule has 6 nitrogen and oxygen atoms in total. The second kappa shape index (κ2) is 8.04. The molecule has 0 radical (unpaired) electrons. The molecule has 108 valence electrons. The number of anilines is 1. The van der Waals surface area contributed by atoms with Crippen LogP contribution in [0.15, 0.2) is 5.16 Å². The van der Waals surface area contributed by atoms with Crippen LogP contribution in [0.3, 0.4) is 0 Å². The van der Waals surface area contributed by atoms with Crippen LogP contribution in [0.4, 0.5) is 5.95 Å². The summed E-state index contributed by atoms with van der Waals surface area (Å²) in [6.45, 7) is 4.21. The van der Waals surface area contributed by atoms with Crippen molar-refractivity contribution in [1.82, 2.24) is 20.1 Å². The van der Waals surface area contributed by atoms with E-state index in [9.17, 15) is 4.79 Å². The molecule has 0 aliphatic rings. The number of nitrogens with one attached hydrogen (secondary N) is 1. The van der Waals surface area contributed by atoms with Crippen LogP contribution in [0.2, 0.25) is 0 Å². The first-order chi connectivity index (χ1) is 9.04. The predicted molar refractivity (Wildman–Crippen MR) is 77.9 cm³/mol. The molecule has 0 fully saturated rings. The van der Waals surface area contributed by atoms with Gasteiger partial charge >= 0.3 is 0 Å². The van der Waals surface area contributed by atoms with Crippen molar-refractivity contribution in [2.75, 3.05) is 11.5 Å². The molecule has 0 aromatic carbocycles. The molecule has 0 aliphatic heterocycles. The van der Waals surface area contributed by atoms with Gasteiger partial charge in [-0.3, -0.25) is 9.36 Å². The molecule has 0 saturated carbocycles. The summed E-state index contributed by atoms with van der Waals surface area (Å²) in [4.78, 5) is 11.8. The van der Waals surface area contributed by atoms with Crippen LogP contribution in [0, 0.1) is 0 Å². The number of hydrogen-bond donors (Lipinski definition) is 2. The van der Waals surface area contributed by atoms with E-state index < -0.39 is 0 Å². The van der Waals surface area contributed by atoms with Crippen molar-refractivity contribution in [2.24, 2.45) is 7.05 Å². The Hall–Kier alpha value is -1.24. The van der Waals surface area contributed by atoms with Gasteiger partial charge in [-0.15, -0.1) is 10.2 Å². The van der Waals surface area contributed by atoms with Crippen molar-refractivity contribution >= 4 is 23.6 Å². The van der Waals surface area contributed by atoms with E-state index in [0.717, 1.165) is 12.8 Å². The molecule has 1 unspecified atom stereocenters. The molecular weight excluding hydrogens is 262 g/mol. The quantitative estimate of drug-likeness (QED) is 0.559. The molecule has 1 amide bonds. The van der Waals surface area contributed by atoms with Crippen molar-refractivity contribution in [2.45, 2.75) is 50.7 Å². The minimum Gasteiger partial charge on any atom is -0.368 e. The SMILES string of the molecule is CCCCCC(C)NC(=O)CSc1nnc(N)n1C. The lowest BCUT2D eigenvalue weighted by atomic mass is 10.1. The van der Waals surface area contributed by atoms with Gasteiger partial charge in [-0.25, -0.2) is 0 Å². The lowest BCUT2D eigenvalue weighted by Gasteiger charge is -2.13. The molecule has 1 rings (SSSR count). The Morgan fingerprint density at radius 3 is 2.79 bits per heavy atom. The van der Waals surface area contributed by atoms with Crippen LogP contribution in [-0.2, 0) is 11.8 Å². The van der Waals surface area contributed by atoms with Crippen LogP contribution < -0.4 is 11.1 Å². The van der Waals surface area contributed by atoms with E-state index in [1.807, 2.05) is 6.92 Å². The number of unbranched alkanes of at least 4 members (excludes halogenated alkanes) is 2. The molecule has 0 saturated heterocycles. The minimum absolute atomic E-state index is 0.0237. The lowest BCUT2D eigenvalue weighted by molar-refractivity contribution is -0.119. The van der Waals surface area contributed by atoms with Gasteiger partial charge < -0.3 is 11.1 Å². The van der Waals surface area contributed by atoms with Crippen molar-refractivity contribution < 1.29 is 4.79 Å². The maximum Gasteiger partial charge on any atom is 0.230 e. The fraction of sp³-hybridized carbons (Fsp3) is 0.750. The van der Waals surface area contributed by atoms with Gasteiger partial charge in [0.2, 0.25) is 11.9 Å². The highest BCUT2D eigenvalue weighted by Gasteiger charge is 2.11. The number of nitrogens with zero attached hydrogens (tertiary/aromatic N) is 3. The number of aromatic nitrogens is 3. The molecule has 1 atom stereocenters. The van der Waals surface area contributed by atoms with Crippen LogP contribution in [0.5, 0.6) is 0 Å². The summed E-state index contributed by atoms with van der Waals surface area (Å²) in [6, 6.07) is 0.226. The summed E-state index contributed by atoms with van der Waals surface area (Å²) in [6.07, 6.45) is 4.60. The van der Waals surface area contributed by atoms with E-state index >= 15 is 0 Å². The van der Waals surface area contributed by atoms with Crippen LogP contribution in [0.1, 0.15) is 39.5 Å². The second-order valence-electron chi connectivity index (χ2n) is 4.65. The maximum absolute atomic E-state index is 11.8. The third-order valence-electron chi connectivity index (χ3n) is 2.85. The van der Waals surface area contributed by atoms with Crippen molar-refractivity contribution in [3.8, 4) is 0 Å². The molecule has 0 spiro atoms. The summed E-state index contributed by atoms with van der Waals surface area (Å²) in [5.74, 6) is 0.718. The predicted octanol–water partition coefficient (Wildman–Crippen LogP) is 1.57. The van der Waals surface area contributed by atoms with E-state index in [4.69, 9.17) is 5.73 Å². The Morgan fingerprint density at radius 2 is 2.21 bits per heavy atom. The summed E-state index contributed by atoms with van der Waals surface area (Å²) in [7, 11) is 1.78. The molecule has 0 aliphatic carbocycles. The van der Waals surface area contributed by atoms with Gasteiger partial charge in [0.1, 0.15) is 0 Å². The highest BCUT2D eigenvalue weighted by atomic mass is 32.2. The van der Waals surface area contributed by atoms with Gasteiger partial charge in [0, 0.05) is 13.1 Å². The van der Waals surface area contributed by atoms with E-state index in [2.05, 4.69) is 22.4 Å². The zero-order valence-corrected chi connectivity index (χ0v) is 12.7. The topological polar surface area (TPSA) is 85.8 Å². The van der Waals surface area contributed by atoms with E-state index in [0.29, 0.717) is 16.9 Å². The van der Waals surface area contributed by atoms with Crippen molar-refractivity contribution in [3.63, 3.8) is 0 Å². The lowest BCUT2D eigenvalue weighted by Crippen LogP contribution is -2.33. The smallest absolute Gasteiger partial charge is 0.230 e. The molecular formula is C12H23N5OS. The van der Waals surface area contributed by atoms with Crippen LogP contribution >= 0.6 is 11.8 Å². The molecule has 1 heterocycles. The first-order valence-electron chi connectivity index (χ1n) is 6.61. The van der Waals surface area contributed by atoms with E-state index in [1.165, 1.54) is 24.6 Å². The van der Waals surface area contributed by atoms with Crippen LogP contribution in [-0.4, -0.2) is 32.5 Å². The van der Waals surface area contributed by atoms with Gasteiger partial charge in [0.25, 0.3) is 0 Å².